The van der Waals surface area contributed by atoms with E-state index in [4.69, 9.17) is 5.73 Å². The van der Waals surface area contributed by atoms with Crippen LogP contribution in [-0.4, -0.2) is 22.1 Å². The van der Waals surface area contributed by atoms with E-state index in [9.17, 15) is 0 Å². The second kappa shape index (κ2) is 3.55. The lowest BCUT2D eigenvalue weighted by molar-refractivity contribution is 0.575. The Kier molecular flexibility index (Phi) is 2.36. The highest BCUT2D eigenvalue weighted by Crippen LogP contribution is 2.16. The maximum Gasteiger partial charge on any atom is 0.201 e. The molecule has 0 aliphatic rings. The molecule has 4 nitrogen and oxygen atoms in total. The van der Waals surface area contributed by atoms with Gasteiger partial charge in [0.2, 0.25) is 5.95 Å². The van der Waals surface area contributed by atoms with Crippen LogP contribution in [0.25, 0.3) is 11.0 Å². The molecule has 4 heteroatoms. The SMILES string of the molecule is CC(C)(CN)Nc1nc2ccccc2[nH]1. The molecule has 80 valence electrons. The van der Waals surface area contributed by atoms with E-state index in [1.807, 2.05) is 38.1 Å². The van der Waals surface area contributed by atoms with Crippen molar-refractivity contribution >= 4 is 17.0 Å². The second-order valence-corrected chi connectivity index (χ2v) is 4.32. The minimum absolute atomic E-state index is 0.145. The fraction of sp³-hybridized carbons (Fsp3) is 0.364. The summed E-state index contributed by atoms with van der Waals surface area (Å²) in [5, 5.41) is 3.27. The first-order valence-electron chi connectivity index (χ1n) is 5.04. The summed E-state index contributed by atoms with van der Waals surface area (Å²) < 4.78 is 0. The van der Waals surface area contributed by atoms with Crippen LogP contribution in [0.2, 0.25) is 0 Å². The van der Waals surface area contributed by atoms with Gasteiger partial charge in [-0.1, -0.05) is 12.1 Å². The largest absolute Gasteiger partial charge is 0.350 e. The topological polar surface area (TPSA) is 66.7 Å². The van der Waals surface area contributed by atoms with Gasteiger partial charge in [0, 0.05) is 12.1 Å². The molecule has 1 heterocycles. The molecule has 0 unspecified atom stereocenters. The second-order valence-electron chi connectivity index (χ2n) is 4.32. The van der Waals surface area contributed by atoms with E-state index in [1.54, 1.807) is 0 Å². The van der Waals surface area contributed by atoms with Gasteiger partial charge in [-0.15, -0.1) is 0 Å². The van der Waals surface area contributed by atoms with Crippen molar-refractivity contribution in [3.05, 3.63) is 24.3 Å². The zero-order chi connectivity index (χ0) is 10.9. The number of anilines is 1. The number of hydrogen-bond acceptors (Lipinski definition) is 3. The third-order valence-electron chi connectivity index (χ3n) is 2.36. The lowest BCUT2D eigenvalue weighted by Gasteiger charge is -2.23. The van der Waals surface area contributed by atoms with Crippen molar-refractivity contribution in [1.29, 1.82) is 0 Å². The number of aromatic nitrogens is 2. The van der Waals surface area contributed by atoms with E-state index in [-0.39, 0.29) is 5.54 Å². The first-order valence-corrected chi connectivity index (χ1v) is 5.04. The van der Waals surface area contributed by atoms with Gasteiger partial charge in [0.05, 0.1) is 11.0 Å². The Bertz CT molecular complexity index is 425. The molecule has 0 aliphatic carbocycles. The average molecular weight is 204 g/mol. The highest BCUT2D eigenvalue weighted by atomic mass is 15.2. The van der Waals surface area contributed by atoms with Gasteiger partial charge < -0.3 is 16.0 Å². The van der Waals surface area contributed by atoms with Crippen molar-refractivity contribution < 1.29 is 0 Å². The Labute approximate surface area is 88.9 Å². The van der Waals surface area contributed by atoms with E-state index in [0.717, 1.165) is 17.0 Å². The van der Waals surface area contributed by atoms with Gasteiger partial charge in [-0.25, -0.2) is 4.98 Å². The fourth-order valence-electron chi connectivity index (χ4n) is 1.38. The van der Waals surface area contributed by atoms with Crippen LogP contribution in [0.1, 0.15) is 13.8 Å². The zero-order valence-corrected chi connectivity index (χ0v) is 9.04. The summed E-state index contributed by atoms with van der Waals surface area (Å²) in [6.45, 7) is 4.64. The summed E-state index contributed by atoms with van der Waals surface area (Å²) >= 11 is 0. The third-order valence-corrected chi connectivity index (χ3v) is 2.36. The predicted molar refractivity (Wildman–Crippen MR) is 62.8 cm³/mol. The number of nitrogens with two attached hydrogens (primary N) is 1. The number of hydrogen-bond donors (Lipinski definition) is 3. The molecule has 0 atom stereocenters. The molecule has 2 rings (SSSR count). The van der Waals surface area contributed by atoms with Crippen molar-refractivity contribution in [2.45, 2.75) is 19.4 Å². The molecule has 0 spiro atoms. The lowest BCUT2D eigenvalue weighted by atomic mass is 10.1. The van der Waals surface area contributed by atoms with E-state index in [1.165, 1.54) is 0 Å². The smallest absolute Gasteiger partial charge is 0.201 e. The molecule has 15 heavy (non-hydrogen) atoms. The van der Waals surface area contributed by atoms with Crippen LogP contribution in [-0.2, 0) is 0 Å². The van der Waals surface area contributed by atoms with Gasteiger partial charge in [-0.3, -0.25) is 0 Å². The monoisotopic (exact) mass is 204 g/mol. The van der Waals surface area contributed by atoms with Crippen LogP contribution >= 0.6 is 0 Å². The molecule has 1 aromatic carbocycles. The maximum absolute atomic E-state index is 5.64. The van der Waals surface area contributed by atoms with Gasteiger partial charge >= 0.3 is 0 Å². The van der Waals surface area contributed by atoms with Crippen molar-refractivity contribution in [1.82, 2.24) is 9.97 Å². The molecule has 4 N–H and O–H groups in total. The Morgan fingerprint density at radius 1 is 1.40 bits per heavy atom. The summed E-state index contributed by atoms with van der Waals surface area (Å²) in [6.07, 6.45) is 0. The van der Waals surface area contributed by atoms with Crippen molar-refractivity contribution in [2.75, 3.05) is 11.9 Å². The van der Waals surface area contributed by atoms with E-state index in [2.05, 4.69) is 15.3 Å². The van der Waals surface area contributed by atoms with Gasteiger partial charge in [0.1, 0.15) is 0 Å². The van der Waals surface area contributed by atoms with E-state index in [0.29, 0.717) is 6.54 Å². The number of para-hydroxylation sites is 2. The molecule has 0 saturated carbocycles. The van der Waals surface area contributed by atoms with Crippen molar-refractivity contribution in [3.8, 4) is 0 Å². The number of imidazole rings is 1. The molecule has 0 fully saturated rings. The maximum atomic E-state index is 5.64. The van der Waals surface area contributed by atoms with Gasteiger partial charge in [0.15, 0.2) is 0 Å². The normalized spacial score (nSPS) is 11.9. The van der Waals surface area contributed by atoms with Gasteiger partial charge in [-0.2, -0.15) is 0 Å². The Morgan fingerprint density at radius 3 is 2.80 bits per heavy atom. The standard InChI is InChI=1S/C11H16N4/c1-11(2,7-12)15-10-13-8-5-3-4-6-9(8)14-10/h3-6H,7,12H2,1-2H3,(H2,13,14,15). The molecular weight excluding hydrogens is 188 g/mol. The summed E-state index contributed by atoms with van der Waals surface area (Å²) in [7, 11) is 0. The van der Waals surface area contributed by atoms with Crippen LogP contribution in [0.5, 0.6) is 0 Å². The Hall–Kier alpha value is -1.55. The molecular formula is C11H16N4. The average Bonchev–Trinajstić information content (AvgIpc) is 2.58. The number of rotatable bonds is 3. The molecule has 0 bridgehead atoms. The van der Waals surface area contributed by atoms with Crippen LogP contribution in [0.15, 0.2) is 24.3 Å². The molecule has 0 amide bonds. The predicted octanol–water partition coefficient (Wildman–Crippen LogP) is 1.71. The molecule has 2 aromatic rings. The molecule has 0 saturated heterocycles. The lowest BCUT2D eigenvalue weighted by Crippen LogP contribution is -2.39. The number of nitrogens with zero attached hydrogens (tertiary/aromatic N) is 1. The third kappa shape index (κ3) is 2.10. The first-order chi connectivity index (χ1) is 7.11. The summed E-state index contributed by atoms with van der Waals surface area (Å²) in [5.74, 6) is 0.770. The van der Waals surface area contributed by atoms with Gasteiger partial charge in [0.25, 0.3) is 0 Å². The van der Waals surface area contributed by atoms with Crippen molar-refractivity contribution in [2.24, 2.45) is 5.73 Å². The number of H-pyrrole nitrogens is 1. The minimum Gasteiger partial charge on any atom is -0.350 e. The van der Waals surface area contributed by atoms with E-state index < -0.39 is 0 Å². The van der Waals surface area contributed by atoms with Crippen LogP contribution < -0.4 is 11.1 Å². The van der Waals surface area contributed by atoms with Crippen LogP contribution in [0.3, 0.4) is 0 Å². The first kappa shape index (κ1) is 9.98. The number of aromatic amines is 1. The molecule has 0 aliphatic heterocycles. The quantitative estimate of drug-likeness (QED) is 0.713. The highest BCUT2D eigenvalue weighted by Gasteiger charge is 2.16. The zero-order valence-electron chi connectivity index (χ0n) is 9.04. The van der Waals surface area contributed by atoms with E-state index >= 15 is 0 Å². The van der Waals surface area contributed by atoms with Gasteiger partial charge in [-0.05, 0) is 26.0 Å². The summed E-state index contributed by atoms with van der Waals surface area (Å²) in [5.41, 5.74) is 7.50. The van der Waals surface area contributed by atoms with Crippen LogP contribution in [0, 0.1) is 0 Å². The Morgan fingerprint density at radius 2 is 2.13 bits per heavy atom. The fourth-order valence-corrected chi connectivity index (χ4v) is 1.38. The number of fused-ring (bicyclic) bond motifs is 1. The highest BCUT2D eigenvalue weighted by molar-refractivity contribution is 5.77. The summed E-state index contributed by atoms with van der Waals surface area (Å²) in [6, 6.07) is 7.94. The summed E-state index contributed by atoms with van der Waals surface area (Å²) in [4.78, 5) is 7.63. The minimum atomic E-state index is -0.145. The van der Waals surface area contributed by atoms with Crippen molar-refractivity contribution in [3.63, 3.8) is 0 Å². The number of nitrogens with one attached hydrogen (secondary N) is 2. The Balaban J connectivity index is 2.30. The molecule has 0 radical (unpaired) electrons. The molecule has 1 aromatic heterocycles. The van der Waals surface area contributed by atoms with Crippen LogP contribution in [0.4, 0.5) is 5.95 Å². The number of benzene rings is 1.